The van der Waals surface area contributed by atoms with Gasteiger partial charge in [-0.1, -0.05) is 12.1 Å². The van der Waals surface area contributed by atoms with Crippen molar-refractivity contribution in [3.8, 4) is 11.5 Å². The number of nitrogens with zero attached hydrogens (tertiary/aromatic N) is 1. The molecule has 1 N–H and O–H groups in total. The molecule has 0 spiro atoms. The number of nitrogens with one attached hydrogen (secondary N) is 1. The second-order valence-corrected chi connectivity index (χ2v) is 5.37. The largest absolute Gasteiger partial charge is 0.493 e. The lowest BCUT2D eigenvalue weighted by molar-refractivity contribution is -0.121. The van der Waals surface area contributed by atoms with Crippen LogP contribution in [0.3, 0.4) is 0 Å². The van der Waals surface area contributed by atoms with Gasteiger partial charge in [0.05, 0.1) is 20.3 Å². The first-order valence-electron chi connectivity index (χ1n) is 6.80. The first kappa shape index (κ1) is 14.7. The molecule has 1 unspecified atom stereocenters. The number of para-hydroxylation sites is 1. The van der Waals surface area contributed by atoms with Crippen molar-refractivity contribution in [3.63, 3.8) is 0 Å². The van der Waals surface area contributed by atoms with Gasteiger partial charge in [-0.2, -0.15) is 0 Å². The summed E-state index contributed by atoms with van der Waals surface area (Å²) < 4.78 is 11.1. The topological polar surface area (TPSA) is 50.8 Å². The molecule has 110 valence electrons. The number of amides is 1. The fourth-order valence-electron chi connectivity index (χ4n) is 2.35. The highest BCUT2D eigenvalue weighted by atomic mass is 16.5. The van der Waals surface area contributed by atoms with E-state index in [1.807, 2.05) is 37.2 Å². The van der Waals surface area contributed by atoms with E-state index in [9.17, 15) is 4.79 Å². The molecule has 0 aliphatic carbocycles. The summed E-state index contributed by atoms with van der Waals surface area (Å²) in [4.78, 5) is 13.5. The Hall–Kier alpha value is -1.75. The molecule has 1 amide bonds. The van der Waals surface area contributed by atoms with Crippen LogP contribution < -0.4 is 14.8 Å². The molecule has 0 aromatic heterocycles. The molecular weight excluding hydrogens is 256 g/mol. The number of benzene rings is 1. The average Bonchev–Trinajstić information content (AvgIpc) is 2.43. The molecule has 0 radical (unpaired) electrons. The summed E-state index contributed by atoms with van der Waals surface area (Å²) >= 11 is 0. The molecule has 0 saturated carbocycles. The van der Waals surface area contributed by atoms with Gasteiger partial charge in [-0.05, 0) is 32.1 Å². The summed E-state index contributed by atoms with van der Waals surface area (Å²) in [7, 11) is 5.41. The van der Waals surface area contributed by atoms with Crippen molar-refractivity contribution in [2.24, 2.45) is 5.92 Å². The van der Waals surface area contributed by atoms with Crippen LogP contribution in [0.5, 0.6) is 11.5 Å². The molecule has 1 aromatic carbocycles. The Morgan fingerprint density at radius 1 is 1.50 bits per heavy atom. The SMILES string of the molecule is COc1cccc2c1OCC(CNC(=O)CN(C)C)C2. The summed E-state index contributed by atoms with van der Waals surface area (Å²) in [5, 5.41) is 2.95. The highest BCUT2D eigenvalue weighted by Crippen LogP contribution is 2.35. The van der Waals surface area contributed by atoms with Crippen LogP contribution in [0.2, 0.25) is 0 Å². The van der Waals surface area contributed by atoms with Crippen LogP contribution in [0.4, 0.5) is 0 Å². The first-order valence-corrected chi connectivity index (χ1v) is 6.80. The fraction of sp³-hybridized carbons (Fsp3) is 0.533. The number of carbonyl (C=O) groups excluding carboxylic acids is 1. The smallest absolute Gasteiger partial charge is 0.234 e. The van der Waals surface area contributed by atoms with Gasteiger partial charge in [-0.15, -0.1) is 0 Å². The van der Waals surface area contributed by atoms with Crippen molar-refractivity contribution in [2.45, 2.75) is 6.42 Å². The lowest BCUT2D eigenvalue weighted by atomic mass is 9.96. The zero-order valence-corrected chi connectivity index (χ0v) is 12.3. The van der Waals surface area contributed by atoms with Crippen LogP contribution in [0, 0.1) is 5.92 Å². The van der Waals surface area contributed by atoms with Crippen LogP contribution in [-0.4, -0.2) is 51.7 Å². The van der Waals surface area contributed by atoms with E-state index in [1.165, 1.54) is 0 Å². The Labute approximate surface area is 119 Å². The predicted molar refractivity (Wildman–Crippen MR) is 77.2 cm³/mol. The molecule has 1 heterocycles. The number of rotatable bonds is 5. The third-order valence-corrected chi connectivity index (χ3v) is 3.30. The molecule has 1 atom stereocenters. The van der Waals surface area contributed by atoms with Crippen LogP contribution in [0.25, 0.3) is 0 Å². The predicted octanol–water partition coefficient (Wildman–Crippen LogP) is 0.924. The van der Waals surface area contributed by atoms with Gasteiger partial charge in [0, 0.05) is 12.5 Å². The van der Waals surface area contributed by atoms with Crippen LogP contribution in [0.1, 0.15) is 5.56 Å². The third kappa shape index (κ3) is 3.63. The zero-order valence-electron chi connectivity index (χ0n) is 12.3. The molecule has 1 aromatic rings. The Kier molecular flexibility index (Phi) is 4.84. The maximum Gasteiger partial charge on any atom is 0.234 e. The summed E-state index contributed by atoms with van der Waals surface area (Å²) in [6.45, 7) is 1.66. The molecule has 0 bridgehead atoms. The molecule has 1 aliphatic heterocycles. The van der Waals surface area contributed by atoms with E-state index in [4.69, 9.17) is 9.47 Å². The number of methoxy groups -OCH3 is 1. The third-order valence-electron chi connectivity index (χ3n) is 3.30. The summed E-state index contributed by atoms with van der Waals surface area (Å²) in [5.74, 6) is 1.97. The van der Waals surface area contributed by atoms with Crippen molar-refractivity contribution in [2.75, 3.05) is 40.9 Å². The van der Waals surface area contributed by atoms with E-state index in [0.717, 1.165) is 23.5 Å². The molecule has 0 saturated heterocycles. The number of carbonyl (C=O) groups is 1. The Balaban J connectivity index is 1.90. The van der Waals surface area contributed by atoms with Gasteiger partial charge < -0.3 is 19.7 Å². The van der Waals surface area contributed by atoms with Gasteiger partial charge >= 0.3 is 0 Å². The monoisotopic (exact) mass is 278 g/mol. The highest BCUT2D eigenvalue weighted by molar-refractivity contribution is 5.77. The van der Waals surface area contributed by atoms with E-state index < -0.39 is 0 Å². The van der Waals surface area contributed by atoms with Gasteiger partial charge in [-0.25, -0.2) is 0 Å². The minimum atomic E-state index is 0.0476. The molecule has 5 nitrogen and oxygen atoms in total. The molecule has 5 heteroatoms. The molecule has 0 fully saturated rings. The van der Waals surface area contributed by atoms with Crippen molar-refractivity contribution >= 4 is 5.91 Å². The van der Waals surface area contributed by atoms with Gasteiger partial charge in [0.15, 0.2) is 11.5 Å². The Bertz CT molecular complexity index is 474. The van der Waals surface area contributed by atoms with E-state index in [0.29, 0.717) is 25.6 Å². The maximum absolute atomic E-state index is 11.6. The van der Waals surface area contributed by atoms with E-state index in [1.54, 1.807) is 7.11 Å². The van der Waals surface area contributed by atoms with Crippen molar-refractivity contribution in [1.29, 1.82) is 0 Å². The van der Waals surface area contributed by atoms with Crippen molar-refractivity contribution < 1.29 is 14.3 Å². The highest BCUT2D eigenvalue weighted by Gasteiger charge is 2.22. The zero-order chi connectivity index (χ0) is 14.5. The van der Waals surface area contributed by atoms with Gasteiger partial charge in [0.2, 0.25) is 5.91 Å². The van der Waals surface area contributed by atoms with Crippen molar-refractivity contribution in [1.82, 2.24) is 10.2 Å². The van der Waals surface area contributed by atoms with Gasteiger partial charge in [0.1, 0.15) is 0 Å². The summed E-state index contributed by atoms with van der Waals surface area (Å²) in [6.07, 6.45) is 0.898. The minimum Gasteiger partial charge on any atom is -0.493 e. The second kappa shape index (κ2) is 6.61. The number of ether oxygens (including phenoxy) is 2. The number of fused-ring (bicyclic) bond motifs is 1. The van der Waals surface area contributed by atoms with Crippen molar-refractivity contribution in [3.05, 3.63) is 23.8 Å². The molecular formula is C15H22N2O3. The quantitative estimate of drug-likeness (QED) is 0.870. The van der Waals surface area contributed by atoms with Gasteiger partial charge in [0.25, 0.3) is 0 Å². The fourth-order valence-corrected chi connectivity index (χ4v) is 2.35. The normalized spacial score (nSPS) is 17.3. The minimum absolute atomic E-state index is 0.0476. The van der Waals surface area contributed by atoms with Crippen LogP contribution >= 0.6 is 0 Å². The summed E-state index contributed by atoms with van der Waals surface area (Å²) in [6, 6.07) is 5.91. The van der Waals surface area contributed by atoms with Crippen LogP contribution in [-0.2, 0) is 11.2 Å². The Morgan fingerprint density at radius 3 is 3.00 bits per heavy atom. The van der Waals surface area contributed by atoms with E-state index in [-0.39, 0.29) is 5.91 Å². The second-order valence-electron chi connectivity index (χ2n) is 5.37. The lowest BCUT2D eigenvalue weighted by Crippen LogP contribution is -2.39. The average molecular weight is 278 g/mol. The lowest BCUT2D eigenvalue weighted by Gasteiger charge is -2.26. The van der Waals surface area contributed by atoms with Crippen LogP contribution in [0.15, 0.2) is 18.2 Å². The van der Waals surface area contributed by atoms with E-state index >= 15 is 0 Å². The number of hydrogen-bond donors (Lipinski definition) is 1. The van der Waals surface area contributed by atoms with E-state index in [2.05, 4.69) is 5.32 Å². The molecule has 2 rings (SSSR count). The molecule has 20 heavy (non-hydrogen) atoms. The molecule has 1 aliphatic rings. The standard InChI is InChI=1S/C15H22N2O3/c1-17(2)9-14(18)16-8-11-7-12-5-4-6-13(19-3)15(12)20-10-11/h4-6,11H,7-10H2,1-3H3,(H,16,18). The number of likely N-dealkylation sites (N-methyl/N-ethyl adjacent to an activating group) is 1. The summed E-state index contributed by atoms with van der Waals surface area (Å²) in [5.41, 5.74) is 1.14. The number of hydrogen-bond acceptors (Lipinski definition) is 4. The first-order chi connectivity index (χ1) is 9.60. The Morgan fingerprint density at radius 2 is 2.30 bits per heavy atom. The van der Waals surface area contributed by atoms with Gasteiger partial charge in [-0.3, -0.25) is 4.79 Å². The maximum atomic E-state index is 11.6.